The minimum absolute atomic E-state index is 0.0192. The zero-order valence-electron chi connectivity index (χ0n) is 16.0. The molecule has 1 aliphatic heterocycles. The number of nitrogens with zero attached hydrogens (tertiary/aromatic N) is 1. The molecule has 1 aromatic carbocycles. The molecular weight excluding hydrogens is 326 g/mol. The van der Waals surface area contributed by atoms with Gasteiger partial charge in [0, 0.05) is 18.4 Å². The van der Waals surface area contributed by atoms with Gasteiger partial charge in [0.25, 0.3) is 0 Å². The minimum atomic E-state index is 0.0192. The first-order chi connectivity index (χ1) is 12.5. The number of benzene rings is 1. The molecule has 1 saturated heterocycles. The van der Waals surface area contributed by atoms with Crippen LogP contribution in [0.1, 0.15) is 56.9 Å². The summed E-state index contributed by atoms with van der Waals surface area (Å²) in [6, 6.07) is 6.11. The SMILES string of the molecule is Cc1ccc(NC(=O)C2CCCC2)c(NC(=O)CC2CCCCN2C)c1. The van der Waals surface area contributed by atoms with Crippen molar-refractivity contribution in [2.75, 3.05) is 24.2 Å². The van der Waals surface area contributed by atoms with E-state index < -0.39 is 0 Å². The van der Waals surface area contributed by atoms with Crippen molar-refractivity contribution in [2.24, 2.45) is 5.92 Å². The van der Waals surface area contributed by atoms with Crippen LogP contribution < -0.4 is 10.6 Å². The van der Waals surface area contributed by atoms with Crippen LogP contribution in [0.5, 0.6) is 0 Å². The van der Waals surface area contributed by atoms with E-state index >= 15 is 0 Å². The number of amides is 2. The predicted octanol–water partition coefficient (Wildman–Crippen LogP) is 3.94. The molecule has 0 bridgehead atoms. The first kappa shape index (κ1) is 18.9. The van der Waals surface area contributed by atoms with Gasteiger partial charge in [-0.1, -0.05) is 25.3 Å². The third kappa shape index (κ3) is 4.85. The van der Waals surface area contributed by atoms with E-state index in [9.17, 15) is 9.59 Å². The summed E-state index contributed by atoms with van der Waals surface area (Å²) in [5.74, 6) is 0.204. The van der Waals surface area contributed by atoms with Crippen LogP contribution in [0.2, 0.25) is 0 Å². The molecule has 1 heterocycles. The van der Waals surface area contributed by atoms with Gasteiger partial charge in [0.15, 0.2) is 0 Å². The lowest BCUT2D eigenvalue weighted by Crippen LogP contribution is -2.38. The second kappa shape index (κ2) is 8.67. The smallest absolute Gasteiger partial charge is 0.227 e. The third-order valence-electron chi connectivity index (χ3n) is 5.78. The minimum Gasteiger partial charge on any atom is -0.324 e. The van der Waals surface area contributed by atoms with Crippen LogP contribution in [0.15, 0.2) is 18.2 Å². The number of aryl methyl sites for hydroxylation is 1. The number of nitrogens with one attached hydrogen (secondary N) is 2. The summed E-state index contributed by atoms with van der Waals surface area (Å²) in [5.41, 5.74) is 2.48. The van der Waals surface area contributed by atoms with Gasteiger partial charge in [-0.05, 0) is 63.9 Å². The summed E-state index contributed by atoms with van der Waals surface area (Å²) in [6.07, 6.45) is 8.17. The lowest BCUT2D eigenvalue weighted by molar-refractivity contribution is -0.120. The van der Waals surface area contributed by atoms with Crippen LogP contribution in [0, 0.1) is 12.8 Å². The molecule has 1 aromatic rings. The van der Waals surface area contributed by atoms with E-state index in [1.54, 1.807) is 0 Å². The molecule has 3 rings (SSSR count). The number of piperidine rings is 1. The molecule has 0 aromatic heterocycles. The van der Waals surface area contributed by atoms with E-state index in [0.29, 0.717) is 23.8 Å². The summed E-state index contributed by atoms with van der Waals surface area (Å²) in [4.78, 5) is 27.3. The summed E-state index contributed by atoms with van der Waals surface area (Å²) >= 11 is 0. The number of rotatable bonds is 5. The molecule has 2 fully saturated rings. The van der Waals surface area contributed by atoms with Crippen LogP contribution in [0.4, 0.5) is 11.4 Å². The number of carbonyl (C=O) groups is 2. The molecule has 2 N–H and O–H groups in total. The molecule has 5 heteroatoms. The molecule has 1 saturated carbocycles. The Kier molecular flexibility index (Phi) is 6.30. The molecule has 0 spiro atoms. The second-order valence-electron chi connectivity index (χ2n) is 7.90. The topological polar surface area (TPSA) is 61.4 Å². The first-order valence-corrected chi connectivity index (χ1v) is 9.94. The van der Waals surface area contributed by atoms with Gasteiger partial charge in [0.2, 0.25) is 11.8 Å². The first-order valence-electron chi connectivity index (χ1n) is 9.94. The Bertz CT molecular complexity index is 653. The van der Waals surface area contributed by atoms with E-state index in [1.807, 2.05) is 25.1 Å². The van der Waals surface area contributed by atoms with Gasteiger partial charge in [0.1, 0.15) is 0 Å². The van der Waals surface area contributed by atoms with Crippen LogP contribution in [-0.4, -0.2) is 36.3 Å². The van der Waals surface area contributed by atoms with E-state index in [4.69, 9.17) is 0 Å². The van der Waals surface area contributed by atoms with Gasteiger partial charge < -0.3 is 15.5 Å². The van der Waals surface area contributed by atoms with Gasteiger partial charge in [0.05, 0.1) is 11.4 Å². The van der Waals surface area contributed by atoms with Crippen molar-refractivity contribution in [1.29, 1.82) is 0 Å². The highest BCUT2D eigenvalue weighted by atomic mass is 16.2. The van der Waals surface area contributed by atoms with Gasteiger partial charge in [-0.3, -0.25) is 9.59 Å². The van der Waals surface area contributed by atoms with E-state index in [2.05, 4.69) is 22.6 Å². The van der Waals surface area contributed by atoms with Crippen molar-refractivity contribution < 1.29 is 9.59 Å². The Morgan fingerprint density at radius 3 is 2.50 bits per heavy atom. The van der Waals surface area contributed by atoms with Crippen molar-refractivity contribution in [3.63, 3.8) is 0 Å². The highest BCUT2D eigenvalue weighted by Crippen LogP contribution is 2.29. The molecule has 0 radical (unpaired) electrons. The summed E-state index contributed by atoms with van der Waals surface area (Å²) in [7, 11) is 2.09. The Morgan fingerprint density at radius 1 is 1.04 bits per heavy atom. The zero-order chi connectivity index (χ0) is 18.5. The maximum absolute atomic E-state index is 12.6. The van der Waals surface area contributed by atoms with Crippen LogP contribution >= 0.6 is 0 Å². The Balaban J connectivity index is 1.65. The zero-order valence-corrected chi connectivity index (χ0v) is 16.0. The third-order valence-corrected chi connectivity index (χ3v) is 5.78. The van der Waals surface area contributed by atoms with Gasteiger partial charge in [-0.25, -0.2) is 0 Å². The number of hydrogen-bond donors (Lipinski definition) is 2. The molecule has 26 heavy (non-hydrogen) atoms. The highest BCUT2D eigenvalue weighted by molar-refractivity contribution is 6.00. The lowest BCUT2D eigenvalue weighted by Gasteiger charge is -2.32. The number of carbonyl (C=O) groups excluding carboxylic acids is 2. The van der Waals surface area contributed by atoms with Crippen molar-refractivity contribution in [3.05, 3.63) is 23.8 Å². The molecular formula is C21H31N3O2. The molecule has 142 valence electrons. The fraction of sp³-hybridized carbons (Fsp3) is 0.619. The largest absolute Gasteiger partial charge is 0.324 e. The molecule has 5 nitrogen and oxygen atoms in total. The number of likely N-dealkylation sites (tertiary alicyclic amines) is 1. The molecule has 1 aliphatic carbocycles. The molecule has 2 aliphatic rings. The number of hydrogen-bond acceptors (Lipinski definition) is 3. The van der Waals surface area contributed by atoms with Gasteiger partial charge in [-0.2, -0.15) is 0 Å². The average Bonchev–Trinajstić information content (AvgIpc) is 3.14. The van der Waals surface area contributed by atoms with Crippen molar-refractivity contribution in [1.82, 2.24) is 4.90 Å². The average molecular weight is 357 g/mol. The van der Waals surface area contributed by atoms with Crippen LogP contribution in [-0.2, 0) is 9.59 Å². The Hall–Kier alpha value is -1.88. The molecule has 1 atom stereocenters. The Labute approximate surface area is 156 Å². The highest BCUT2D eigenvalue weighted by Gasteiger charge is 2.24. The van der Waals surface area contributed by atoms with Crippen molar-refractivity contribution in [3.8, 4) is 0 Å². The van der Waals surface area contributed by atoms with E-state index in [0.717, 1.165) is 44.2 Å². The summed E-state index contributed by atoms with van der Waals surface area (Å²) < 4.78 is 0. The van der Waals surface area contributed by atoms with Gasteiger partial charge in [-0.15, -0.1) is 0 Å². The van der Waals surface area contributed by atoms with Gasteiger partial charge >= 0.3 is 0 Å². The summed E-state index contributed by atoms with van der Waals surface area (Å²) in [5, 5.41) is 6.07. The van der Waals surface area contributed by atoms with Crippen LogP contribution in [0.25, 0.3) is 0 Å². The van der Waals surface area contributed by atoms with Crippen molar-refractivity contribution >= 4 is 23.2 Å². The monoisotopic (exact) mass is 357 g/mol. The fourth-order valence-corrected chi connectivity index (χ4v) is 4.11. The quantitative estimate of drug-likeness (QED) is 0.839. The maximum Gasteiger partial charge on any atom is 0.227 e. The maximum atomic E-state index is 12.6. The predicted molar refractivity (Wildman–Crippen MR) is 105 cm³/mol. The van der Waals surface area contributed by atoms with E-state index in [-0.39, 0.29) is 17.7 Å². The standard InChI is InChI=1S/C21H31N3O2/c1-15-10-11-18(23-21(26)16-7-3-4-8-16)19(13-15)22-20(25)14-17-9-5-6-12-24(17)2/h10-11,13,16-17H,3-9,12,14H2,1-2H3,(H,22,25)(H,23,26). The normalized spacial score (nSPS) is 21.5. The number of anilines is 2. The second-order valence-corrected chi connectivity index (χ2v) is 7.90. The fourth-order valence-electron chi connectivity index (χ4n) is 4.11. The van der Waals surface area contributed by atoms with E-state index in [1.165, 1.54) is 12.8 Å². The Morgan fingerprint density at radius 2 is 1.77 bits per heavy atom. The van der Waals surface area contributed by atoms with Crippen molar-refractivity contribution in [2.45, 2.75) is 64.3 Å². The lowest BCUT2D eigenvalue weighted by atomic mass is 10.00. The molecule has 1 unspecified atom stereocenters. The van der Waals surface area contributed by atoms with Crippen LogP contribution in [0.3, 0.4) is 0 Å². The molecule has 2 amide bonds. The summed E-state index contributed by atoms with van der Waals surface area (Å²) in [6.45, 7) is 3.05.